The fourth-order valence-corrected chi connectivity index (χ4v) is 6.96. The highest BCUT2D eigenvalue weighted by molar-refractivity contribution is 7.47. The van der Waals surface area contributed by atoms with Gasteiger partial charge in [0.15, 0.2) is 6.10 Å². The standard InChI is InChI=1S/C42H73O13P/c1-3-5-7-9-11-13-15-16-17-18-19-20-21-23-24-26-28-30-35(43)52-32-34(54-36(44)31-29-27-25-22-14-12-10-8-6-4-2)33-53-56(50,51)55-42-40(48)38(46)37(45)39(47)41(42)49/h7,9,13,15,17-18,20-21,34,37-42,45-49H,3-6,8,10-12,14,16,19,22-33H2,1-2H3,(H,50,51)/b9-7+,15-13+,18-17+,21-20+/t34-,37?,38-,39?,40?,41?,42?/m0/s1. The largest absolute Gasteiger partial charge is 0.472 e. The lowest BCUT2D eigenvalue weighted by atomic mass is 9.85. The minimum absolute atomic E-state index is 0.0894. The average Bonchev–Trinajstić information content (AvgIpc) is 3.18. The molecule has 0 spiro atoms. The molecule has 0 aromatic rings. The van der Waals surface area contributed by atoms with Crippen molar-refractivity contribution in [1.82, 2.24) is 0 Å². The van der Waals surface area contributed by atoms with Gasteiger partial charge in [-0.25, -0.2) is 4.57 Å². The molecule has 6 N–H and O–H groups in total. The second-order valence-corrected chi connectivity index (χ2v) is 15.9. The molecule has 0 saturated heterocycles. The first-order valence-corrected chi connectivity index (χ1v) is 22.4. The van der Waals surface area contributed by atoms with Crippen molar-refractivity contribution >= 4 is 19.8 Å². The van der Waals surface area contributed by atoms with Crippen LogP contribution in [0, 0.1) is 0 Å². The smallest absolute Gasteiger partial charge is 0.462 e. The molecular weight excluding hydrogens is 743 g/mol. The SMILES string of the molecule is CCC/C=C/C/C=C/C/C=C/C/C=C/CCCCCC(=O)OC[C@@H](COP(=O)(O)OC1C(O)C(O)C(O)[C@H](O)C1O)OC(=O)CCCCCCCCCCCC. The number of phosphoric acid groups is 1. The molecule has 0 bridgehead atoms. The maximum Gasteiger partial charge on any atom is 0.472 e. The molecule has 1 aliphatic rings. The third-order valence-corrected chi connectivity index (χ3v) is 10.4. The van der Waals surface area contributed by atoms with Gasteiger partial charge in [0.25, 0.3) is 0 Å². The monoisotopic (exact) mass is 816 g/mol. The zero-order valence-electron chi connectivity index (χ0n) is 33.9. The van der Waals surface area contributed by atoms with E-state index < -0.39 is 75.7 Å². The summed E-state index contributed by atoms with van der Waals surface area (Å²) in [6.07, 6.45) is 23.3. The van der Waals surface area contributed by atoms with E-state index >= 15 is 0 Å². The van der Waals surface area contributed by atoms with Crippen LogP contribution in [0.3, 0.4) is 0 Å². The Morgan fingerprint density at radius 3 is 1.54 bits per heavy atom. The van der Waals surface area contributed by atoms with Crippen LogP contribution < -0.4 is 0 Å². The summed E-state index contributed by atoms with van der Waals surface area (Å²) in [5.41, 5.74) is 0. The van der Waals surface area contributed by atoms with E-state index in [-0.39, 0.29) is 12.8 Å². The normalized spacial score (nSPS) is 23.4. The van der Waals surface area contributed by atoms with Gasteiger partial charge < -0.3 is 39.9 Å². The van der Waals surface area contributed by atoms with Gasteiger partial charge in [0.05, 0.1) is 6.61 Å². The van der Waals surface area contributed by atoms with E-state index in [9.17, 15) is 44.6 Å². The number of unbranched alkanes of at least 4 members (excludes halogenated alkanes) is 13. The van der Waals surface area contributed by atoms with E-state index in [0.717, 1.165) is 70.6 Å². The molecule has 0 aromatic carbocycles. The Labute approximate surface area is 335 Å². The third-order valence-electron chi connectivity index (χ3n) is 9.40. The molecule has 14 heteroatoms. The highest BCUT2D eigenvalue weighted by Gasteiger charge is 2.51. The number of esters is 2. The zero-order chi connectivity index (χ0) is 41.4. The van der Waals surface area contributed by atoms with Crippen molar-refractivity contribution in [3.63, 3.8) is 0 Å². The first-order chi connectivity index (χ1) is 26.9. The number of carbonyl (C=O) groups is 2. The number of aliphatic hydroxyl groups is 5. The molecule has 0 heterocycles. The Kier molecular flexibility index (Phi) is 30.3. The molecule has 1 aliphatic carbocycles. The van der Waals surface area contributed by atoms with Crippen molar-refractivity contribution in [3.05, 3.63) is 48.6 Å². The zero-order valence-corrected chi connectivity index (χ0v) is 34.8. The van der Waals surface area contributed by atoms with E-state index in [1.807, 2.05) is 0 Å². The van der Waals surface area contributed by atoms with Crippen molar-refractivity contribution in [2.45, 2.75) is 191 Å². The van der Waals surface area contributed by atoms with Gasteiger partial charge in [-0.1, -0.05) is 133 Å². The minimum Gasteiger partial charge on any atom is -0.462 e. The van der Waals surface area contributed by atoms with Crippen LogP contribution in [0.4, 0.5) is 0 Å². The van der Waals surface area contributed by atoms with Gasteiger partial charge in [0, 0.05) is 12.8 Å². The Morgan fingerprint density at radius 2 is 1.00 bits per heavy atom. The molecule has 324 valence electrons. The Balaban J connectivity index is 2.51. The van der Waals surface area contributed by atoms with Crippen LogP contribution >= 0.6 is 7.82 Å². The topological polar surface area (TPSA) is 210 Å². The molecule has 6 unspecified atom stereocenters. The number of hydrogen-bond acceptors (Lipinski definition) is 12. The van der Waals surface area contributed by atoms with Crippen LogP contribution in [0.25, 0.3) is 0 Å². The molecule has 1 fully saturated rings. The highest BCUT2D eigenvalue weighted by atomic mass is 31.2. The Bertz CT molecular complexity index is 1170. The molecule has 13 nitrogen and oxygen atoms in total. The van der Waals surface area contributed by atoms with Crippen LogP contribution in [0.5, 0.6) is 0 Å². The van der Waals surface area contributed by atoms with Gasteiger partial charge in [-0.05, 0) is 51.4 Å². The Hall–Kier alpha value is -2.19. The van der Waals surface area contributed by atoms with Crippen molar-refractivity contribution in [2.24, 2.45) is 0 Å². The van der Waals surface area contributed by atoms with Crippen molar-refractivity contribution in [3.8, 4) is 0 Å². The number of hydrogen-bond donors (Lipinski definition) is 6. The van der Waals surface area contributed by atoms with Crippen molar-refractivity contribution in [2.75, 3.05) is 13.2 Å². The summed E-state index contributed by atoms with van der Waals surface area (Å²) < 4.78 is 33.3. The number of rotatable bonds is 33. The fourth-order valence-electron chi connectivity index (χ4n) is 5.98. The van der Waals surface area contributed by atoms with Crippen LogP contribution in [0.2, 0.25) is 0 Å². The second-order valence-electron chi connectivity index (χ2n) is 14.5. The number of carbonyl (C=O) groups excluding carboxylic acids is 2. The van der Waals surface area contributed by atoms with Crippen LogP contribution in [0.1, 0.15) is 149 Å². The van der Waals surface area contributed by atoms with E-state index in [1.54, 1.807) is 0 Å². The lowest BCUT2D eigenvalue weighted by molar-refractivity contribution is -0.220. The summed E-state index contributed by atoms with van der Waals surface area (Å²) in [4.78, 5) is 35.5. The molecular formula is C42H73O13P. The maximum atomic E-state index is 12.8. The van der Waals surface area contributed by atoms with Gasteiger partial charge in [-0.15, -0.1) is 0 Å². The lowest BCUT2D eigenvalue weighted by Gasteiger charge is -2.41. The number of ether oxygens (including phenoxy) is 2. The predicted molar refractivity (Wildman–Crippen MR) is 216 cm³/mol. The fraction of sp³-hybridized carbons (Fsp3) is 0.762. The molecule has 0 aliphatic heterocycles. The summed E-state index contributed by atoms with van der Waals surface area (Å²) >= 11 is 0. The molecule has 1 rings (SSSR count). The van der Waals surface area contributed by atoms with Gasteiger partial charge in [-0.3, -0.25) is 18.6 Å². The van der Waals surface area contributed by atoms with Gasteiger partial charge in [0.2, 0.25) is 0 Å². The molecule has 56 heavy (non-hydrogen) atoms. The first-order valence-electron chi connectivity index (χ1n) is 20.9. The number of phosphoric ester groups is 1. The van der Waals surface area contributed by atoms with Gasteiger partial charge in [-0.2, -0.15) is 0 Å². The summed E-state index contributed by atoms with van der Waals surface area (Å²) in [5, 5.41) is 50.0. The van der Waals surface area contributed by atoms with Crippen LogP contribution in [0.15, 0.2) is 48.6 Å². The second kappa shape index (κ2) is 32.7. The number of aliphatic hydroxyl groups excluding tert-OH is 5. The third kappa shape index (κ3) is 25.2. The summed E-state index contributed by atoms with van der Waals surface area (Å²) in [6.45, 7) is 3.16. The van der Waals surface area contributed by atoms with Crippen molar-refractivity contribution < 1.29 is 63.1 Å². The Morgan fingerprint density at radius 1 is 0.554 bits per heavy atom. The van der Waals surface area contributed by atoms with Crippen LogP contribution in [-0.4, -0.2) is 98.3 Å². The van der Waals surface area contributed by atoms with Crippen molar-refractivity contribution in [1.29, 1.82) is 0 Å². The van der Waals surface area contributed by atoms with E-state index in [4.69, 9.17) is 18.5 Å². The average molecular weight is 817 g/mol. The molecule has 1 saturated carbocycles. The summed E-state index contributed by atoms with van der Waals surface area (Å²) in [7, 11) is -5.12. The summed E-state index contributed by atoms with van der Waals surface area (Å²) in [6, 6.07) is 0. The number of allylic oxidation sites excluding steroid dienone is 8. The summed E-state index contributed by atoms with van der Waals surface area (Å²) in [5.74, 6) is -1.14. The molecule has 0 radical (unpaired) electrons. The first kappa shape index (κ1) is 51.8. The predicted octanol–water partition coefficient (Wildman–Crippen LogP) is 7.22. The molecule has 8 atom stereocenters. The maximum absolute atomic E-state index is 12.8. The van der Waals surface area contributed by atoms with E-state index in [1.165, 1.54) is 38.5 Å². The highest BCUT2D eigenvalue weighted by Crippen LogP contribution is 2.47. The van der Waals surface area contributed by atoms with Crippen LogP contribution in [-0.2, 0) is 32.7 Å². The van der Waals surface area contributed by atoms with E-state index in [0.29, 0.717) is 12.8 Å². The lowest BCUT2D eigenvalue weighted by Crippen LogP contribution is -2.64. The van der Waals surface area contributed by atoms with Gasteiger partial charge in [0.1, 0.15) is 43.2 Å². The molecule has 0 aromatic heterocycles. The molecule has 0 amide bonds. The minimum atomic E-state index is -5.12. The quantitative estimate of drug-likeness (QED) is 0.0168. The van der Waals surface area contributed by atoms with Gasteiger partial charge >= 0.3 is 19.8 Å². The van der Waals surface area contributed by atoms with E-state index in [2.05, 4.69) is 62.5 Å².